The van der Waals surface area contributed by atoms with Gasteiger partial charge < -0.3 is 14.5 Å². The van der Waals surface area contributed by atoms with Gasteiger partial charge in [-0.25, -0.2) is 0 Å². The summed E-state index contributed by atoms with van der Waals surface area (Å²) < 4.78 is 12.2. The first-order valence-corrected chi connectivity index (χ1v) is 10.6. The molecule has 0 aliphatic heterocycles. The van der Waals surface area contributed by atoms with E-state index >= 15 is 0 Å². The third-order valence-electron chi connectivity index (χ3n) is 5.51. The van der Waals surface area contributed by atoms with E-state index in [1.54, 1.807) is 6.08 Å². The molecule has 0 bridgehead atoms. The molecule has 1 aromatic carbocycles. The Morgan fingerprint density at radius 2 is 2.07 bits per heavy atom. The Bertz CT molecular complexity index is 889. The van der Waals surface area contributed by atoms with Gasteiger partial charge >= 0.3 is 0 Å². The lowest BCUT2D eigenvalue weighted by Gasteiger charge is -2.15. The Labute approximate surface area is 168 Å². The van der Waals surface area contributed by atoms with Gasteiger partial charge in [-0.3, -0.25) is 4.79 Å². The molecule has 28 heavy (non-hydrogen) atoms. The third-order valence-corrected chi connectivity index (χ3v) is 5.51. The fourth-order valence-corrected chi connectivity index (χ4v) is 3.97. The highest BCUT2D eigenvalue weighted by atomic mass is 16.5. The van der Waals surface area contributed by atoms with Gasteiger partial charge in [0.15, 0.2) is 0 Å². The number of amides is 1. The van der Waals surface area contributed by atoms with Crippen molar-refractivity contribution in [3.05, 3.63) is 34.6 Å². The predicted octanol–water partition coefficient (Wildman–Crippen LogP) is 5.58. The van der Waals surface area contributed by atoms with E-state index in [0.717, 1.165) is 53.1 Å². The Kier molecular flexibility index (Phi) is 6.48. The van der Waals surface area contributed by atoms with Crippen LogP contribution in [0.15, 0.2) is 16.6 Å². The molecule has 1 aliphatic rings. The van der Waals surface area contributed by atoms with Crippen LogP contribution in [0.4, 0.5) is 0 Å². The molecule has 0 spiro atoms. The summed E-state index contributed by atoms with van der Waals surface area (Å²) in [5.41, 5.74) is 5.20. The maximum Gasteiger partial charge on any atom is 0.244 e. The molecule has 152 valence electrons. The molecule has 0 saturated carbocycles. The van der Waals surface area contributed by atoms with E-state index in [4.69, 9.17) is 9.15 Å². The predicted molar refractivity (Wildman–Crippen MR) is 115 cm³/mol. The Hall–Kier alpha value is -2.23. The lowest BCUT2D eigenvalue weighted by molar-refractivity contribution is -0.116. The van der Waals surface area contributed by atoms with Gasteiger partial charge in [0.25, 0.3) is 0 Å². The highest BCUT2D eigenvalue weighted by Gasteiger charge is 2.23. The fourth-order valence-electron chi connectivity index (χ4n) is 3.97. The third kappa shape index (κ3) is 4.26. The lowest BCUT2D eigenvalue weighted by atomic mass is 9.93. The number of carbonyl (C=O) groups excluding carboxylic acids is 1. The largest absolute Gasteiger partial charge is 0.493 e. The average Bonchev–Trinajstić information content (AvgIpc) is 3.02. The Balaban J connectivity index is 1.99. The molecule has 1 aromatic heterocycles. The number of benzene rings is 1. The number of ether oxygens (including phenoxy) is 1. The highest BCUT2D eigenvalue weighted by molar-refractivity contribution is 5.98. The van der Waals surface area contributed by atoms with Crippen molar-refractivity contribution in [2.24, 2.45) is 5.92 Å². The van der Waals surface area contributed by atoms with Crippen LogP contribution >= 0.6 is 0 Å². The number of fused-ring (bicyclic) bond motifs is 3. The van der Waals surface area contributed by atoms with Crippen LogP contribution in [0.2, 0.25) is 0 Å². The van der Waals surface area contributed by atoms with E-state index < -0.39 is 0 Å². The monoisotopic (exact) mass is 383 g/mol. The second-order valence-corrected chi connectivity index (χ2v) is 8.20. The molecule has 0 saturated heterocycles. The van der Waals surface area contributed by atoms with E-state index in [0.29, 0.717) is 19.1 Å². The second kappa shape index (κ2) is 8.85. The van der Waals surface area contributed by atoms with Gasteiger partial charge in [-0.05, 0) is 64.0 Å². The first-order valence-electron chi connectivity index (χ1n) is 10.6. The molecule has 0 fully saturated rings. The number of furan rings is 1. The minimum atomic E-state index is -0.0485. The van der Waals surface area contributed by atoms with Crippen LogP contribution in [-0.4, -0.2) is 19.1 Å². The van der Waals surface area contributed by atoms with Gasteiger partial charge in [-0.2, -0.15) is 0 Å². The van der Waals surface area contributed by atoms with Crippen molar-refractivity contribution in [3.63, 3.8) is 0 Å². The van der Waals surface area contributed by atoms with Crippen molar-refractivity contribution < 1.29 is 13.9 Å². The first kappa shape index (κ1) is 20.5. The zero-order valence-electron chi connectivity index (χ0n) is 17.9. The molecular weight excluding hydrogens is 350 g/mol. The number of carbonyl (C=O) groups is 1. The van der Waals surface area contributed by atoms with Crippen molar-refractivity contribution in [1.82, 2.24) is 5.32 Å². The average molecular weight is 384 g/mol. The molecule has 1 aliphatic carbocycles. The number of hydrogen-bond acceptors (Lipinski definition) is 3. The van der Waals surface area contributed by atoms with Gasteiger partial charge in [0.2, 0.25) is 5.91 Å². The van der Waals surface area contributed by atoms with Gasteiger partial charge in [-0.1, -0.05) is 13.8 Å². The summed E-state index contributed by atoms with van der Waals surface area (Å²) in [4.78, 5) is 12.4. The van der Waals surface area contributed by atoms with Gasteiger partial charge in [-0.15, -0.1) is 0 Å². The van der Waals surface area contributed by atoms with Crippen LogP contribution in [0.25, 0.3) is 16.5 Å². The normalized spacial score (nSPS) is 14.4. The summed E-state index contributed by atoms with van der Waals surface area (Å²) in [6.45, 7) is 11.6. The quantitative estimate of drug-likeness (QED) is 0.635. The summed E-state index contributed by atoms with van der Waals surface area (Å²) in [5, 5.41) is 4.17. The molecule has 1 N–H and O–H groups in total. The summed E-state index contributed by atoms with van der Waals surface area (Å²) in [7, 11) is 0. The SMILES string of the molecule is CCOc1c(/C(C)=C/C(=O)NCCC(C)C)cc2c3c(oc2c1C)CCCC3. The molecule has 4 heteroatoms. The smallest absolute Gasteiger partial charge is 0.244 e. The van der Waals surface area contributed by atoms with Gasteiger partial charge in [0.05, 0.1) is 6.61 Å². The summed E-state index contributed by atoms with van der Waals surface area (Å²) in [6.07, 6.45) is 7.14. The Morgan fingerprint density at radius 3 is 2.79 bits per heavy atom. The van der Waals surface area contributed by atoms with Crippen LogP contribution in [0.1, 0.15) is 69.4 Å². The van der Waals surface area contributed by atoms with Crippen molar-refractivity contribution in [2.75, 3.05) is 13.2 Å². The molecule has 4 nitrogen and oxygen atoms in total. The molecule has 1 heterocycles. The van der Waals surface area contributed by atoms with E-state index in [2.05, 4.69) is 32.2 Å². The summed E-state index contributed by atoms with van der Waals surface area (Å²) in [6, 6.07) is 2.16. The van der Waals surface area contributed by atoms with E-state index in [-0.39, 0.29) is 5.91 Å². The molecule has 0 atom stereocenters. The zero-order chi connectivity index (χ0) is 20.3. The minimum absolute atomic E-state index is 0.0485. The maximum absolute atomic E-state index is 12.4. The van der Waals surface area contributed by atoms with Gasteiger partial charge in [0, 0.05) is 41.1 Å². The standard InChI is InChI=1S/C24H33NO3/c1-6-27-23-17(5)24-20(18-9-7-8-10-21(18)28-24)14-19(23)16(4)13-22(26)25-12-11-15(2)3/h13-15H,6-12H2,1-5H3,(H,25,26)/b16-13+. The van der Waals surface area contributed by atoms with E-state index in [9.17, 15) is 4.79 Å². The lowest BCUT2D eigenvalue weighted by Crippen LogP contribution is -2.23. The fraction of sp³-hybridized carbons (Fsp3) is 0.542. The number of hydrogen-bond donors (Lipinski definition) is 1. The highest BCUT2D eigenvalue weighted by Crippen LogP contribution is 2.41. The number of allylic oxidation sites excluding steroid dienone is 1. The van der Waals surface area contributed by atoms with Crippen LogP contribution < -0.4 is 10.1 Å². The van der Waals surface area contributed by atoms with Crippen LogP contribution in [-0.2, 0) is 17.6 Å². The van der Waals surface area contributed by atoms with Crippen molar-refractivity contribution >= 4 is 22.4 Å². The molecule has 1 amide bonds. The number of rotatable bonds is 7. The summed E-state index contributed by atoms with van der Waals surface area (Å²) >= 11 is 0. The van der Waals surface area contributed by atoms with Crippen molar-refractivity contribution in [1.29, 1.82) is 0 Å². The van der Waals surface area contributed by atoms with E-state index in [1.807, 2.05) is 13.8 Å². The van der Waals surface area contributed by atoms with Crippen LogP contribution in [0.5, 0.6) is 5.75 Å². The summed E-state index contributed by atoms with van der Waals surface area (Å²) in [5.74, 6) is 2.47. The van der Waals surface area contributed by atoms with Crippen molar-refractivity contribution in [3.8, 4) is 5.75 Å². The van der Waals surface area contributed by atoms with E-state index in [1.165, 1.54) is 23.8 Å². The second-order valence-electron chi connectivity index (χ2n) is 8.20. The zero-order valence-corrected chi connectivity index (χ0v) is 17.9. The van der Waals surface area contributed by atoms with Gasteiger partial charge in [0.1, 0.15) is 17.1 Å². The molecule has 0 radical (unpaired) electrons. The molecule has 0 unspecified atom stereocenters. The minimum Gasteiger partial charge on any atom is -0.493 e. The first-order chi connectivity index (χ1) is 13.4. The molecule has 3 rings (SSSR count). The van der Waals surface area contributed by atoms with Crippen LogP contribution in [0, 0.1) is 12.8 Å². The number of nitrogens with one attached hydrogen (secondary N) is 1. The molecule has 2 aromatic rings. The number of aryl methyl sites for hydroxylation is 3. The molecular formula is C24H33NO3. The van der Waals surface area contributed by atoms with Crippen molar-refractivity contribution in [2.45, 2.75) is 66.7 Å². The maximum atomic E-state index is 12.4. The Morgan fingerprint density at radius 1 is 1.32 bits per heavy atom. The topological polar surface area (TPSA) is 51.5 Å². The van der Waals surface area contributed by atoms with Crippen LogP contribution in [0.3, 0.4) is 0 Å².